The lowest BCUT2D eigenvalue weighted by molar-refractivity contribution is -0.140. The molecule has 248 valence electrons. The molecule has 0 aliphatic rings. The van der Waals surface area contributed by atoms with E-state index in [9.17, 15) is 18.0 Å². The standard InChI is InChI=1S/C36H38Cl3N3O4S/c1-24-11-16-29(17-12-24)47(45,46)42(32-21-28(37)15-13-25(32)2)23-34(43)41(22-27-14-18-30(38)31(39)19-27)33(35(44)40-36(3,4)5)20-26-9-7-6-8-10-26/h6-19,21,33H,20,22-23H2,1-5H3,(H,40,44)/t33-/m0/s1. The number of hydrogen-bond donors (Lipinski definition) is 1. The molecule has 0 unspecified atom stereocenters. The van der Waals surface area contributed by atoms with Crippen molar-refractivity contribution < 1.29 is 18.0 Å². The summed E-state index contributed by atoms with van der Waals surface area (Å²) in [6.07, 6.45) is 0.177. The Balaban J connectivity index is 1.86. The van der Waals surface area contributed by atoms with E-state index in [1.807, 2.05) is 58.0 Å². The quantitative estimate of drug-likeness (QED) is 0.171. The zero-order valence-electron chi connectivity index (χ0n) is 26.9. The number of benzene rings is 4. The van der Waals surface area contributed by atoms with Gasteiger partial charge in [0.1, 0.15) is 12.6 Å². The highest BCUT2D eigenvalue weighted by atomic mass is 35.5. The Morgan fingerprint density at radius 1 is 0.809 bits per heavy atom. The van der Waals surface area contributed by atoms with Crippen LogP contribution in [0.5, 0.6) is 0 Å². The second-order valence-electron chi connectivity index (χ2n) is 12.5. The van der Waals surface area contributed by atoms with Gasteiger partial charge in [0.05, 0.1) is 20.6 Å². The highest BCUT2D eigenvalue weighted by Gasteiger charge is 2.36. The Hall–Kier alpha value is -3.56. The maximum Gasteiger partial charge on any atom is 0.264 e. The average molecular weight is 715 g/mol. The van der Waals surface area contributed by atoms with Crippen LogP contribution in [0, 0.1) is 13.8 Å². The van der Waals surface area contributed by atoms with Gasteiger partial charge in [0.15, 0.2) is 0 Å². The third-order valence-corrected chi connectivity index (χ3v) is 10.2. The number of carbonyl (C=O) groups excluding carboxylic acids is 2. The van der Waals surface area contributed by atoms with Crippen molar-refractivity contribution in [1.29, 1.82) is 0 Å². The monoisotopic (exact) mass is 713 g/mol. The van der Waals surface area contributed by atoms with E-state index in [4.69, 9.17) is 34.8 Å². The minimum Gasteiger partial charge on any atom is -0.350 e. The second kappa shape index (κ2) is 15.1. The van der Waals surface area contributed by atoms with E-state index in [-0.39, 0.29) is 34.5 Å². The van der Waals surface area contributed by atoms with Crippen LogP contribution in [0.15, 0.2) is 95.9 Å². The Bertz CT molecular complexity index is 1840. The first kappa shape index (κ1) is 36.3. The number of carbonyl (C=O) groups is 2. The molecule has 1 atom stereocenters. The molecule has 0 saturated heterocycles. The number of amides is 2. The summed E-state index contributed by atoms with van der Waals surface area (Å²) in [6.45, 7) is 8.52. The lowest BCUT2D eigenvalue weighted by atomic mass is 10.0. The molecule has 11 heteroatoms. The van der Waals surface area contributed by atoms with E-state index in [0.717, 1.165) is 15.4 Å². The fraction of sp³-hybridized carbons (Fsp3) is 0.278. The van der Waals surface area contributed by atoms with Gasteiger partial charge >= 0.3 is 0 Å². The third-order valence-electron chi connectivity index (χ3n) is 7.43. The summed E-state index contributed by atoms with van der Waals surface area (Å²) in [7, 11) is -4.27. The summed E-state index contributed by atoms with van der Waals surface area (Å²) in [5.74, 6) is -0.988. The van der Waals surface area contributed by atoms with Crippen LogP contribution in [0.2, 0.25) is 15.1 Å². The largest absolute Gasteiger partial charge is 0.350 e. The summed E-state index contributed by atoms with van der Waals surface area (Å²) in [5, 5.41) is 3.95. The molecule has 4 aromatic rings. The minimum atomic E-state index is -4.27. The average Bonchev–Trinajstić information content (AvgIpc) is 3.00. The van der Waals surface area contributed by atoms with Crippen LogP contribution in [0.4, 0.5) is 5.69 Å². The Morgan fingerprint density at radius 3 is 2.09 bits per heavy atom. The minimum absolute atomic E-state index is 0.0117. The lowest BCUT2D eigenvalue weighted by Gasteiger charge is -2.35. The van der Waals surface area contributed by atoms with Crippen molar-refractivity contribution in [2.24, 2.45) is 0 Å². The highest BCUT2D eigenvalue weighted by Crippen LogP contribution is 2.31. The van der Waals surface area contributed by atoms with Gasteiger partial charge in [-0.25, -0.2) is 8.42 Å². The molecule has 0 aliphatic carbocycles. The summed E-state index contributed by atoms with van der Waals surface area (Å²) in [5.41, 5.74) is 2.56. The molecule has 0 fully saturated rings. The maximum absolute atomic E-state index is 14.7. The summed E-state index contributed by atoms with van der Waals surface area (Å²) in [6, 6.07) is 24.6. The van der Waals surface area contributed by atoms with Crippen LogP contribution in [-0.2, 0) is 32.6 Å². The van der Waals surface area contributed by atoms with Gasteiger partial charge in [-0.1, -0.05) is 95.0 Å². The van der Waals surface area contributed by atoms with Crippen molar-refractivity contribution in [2.75, 3.05) is 10.8 Å². The van der Waals surface area contributed by atoms with Crippen LogP contribution in [0.3, 0.4) is 0 Å². The maximum atomic E-state index is 14.7. The molecule has 0 spiro atoms. The molecule has 0 aromatic heterocycles. The molecule has 0 saturated carbocycles. The van der Waals surface area contributed by atoms with E-state index < -0.39 is 34.1 Å². The van der Waals surface area contributed by atoms with Crippen molar-refractivity contribution in [1.82, 2.24) is 10.2 Å². The normalized spacial score (nSPS) is 12.3. The van der Waals surface area contributed by atoms with Crippen LogP contribution in [0.1, 0.15) is 43.0 Å². The Morgan fingerprint density at radius 2 is 1.47 bits per heavy atom. The van der Waals surface area contributed by atoms with Crippen LogP contribution in [0.25, 0.3) is 0 Å². The smallest absolute Gasteiger partial charge is 0.264 e. The van der Waals surface area contributed by atoms with Gasteiger partial charge in [-0.2, -0.15) is 0 Å². The number of aryl methyl sites for hydroxylation is 2. The predicted molar refractivity (Wildman–Crippen MR) is 191 cm³/mol. The Kier molecular flexibility index (Phi) is 11.7. The number of nitrogens with one attached hydrogen (secondary N) is 1. The number of hydrogen-bond acceptors (Lipinski definition) is 4. The fourth-order valence-electron chi connectivity index (χ4n) is 5.04. The summed E-state index contributed by atoms with van der Waals surface area (Å²) in [4.78, 5) is 30.1. The predicted octanol–water partition coefficient (Wildman–Crippen LogP) is 8.01. The van der Waals surface area contributed by atoms with Crippen molar-refractivity contribution in [2.45, 2.75) is 64.1 Å². The Labute approximate surface area is 292 Å². The summed E-state index contributed by atoms with van der Waals surface area (Å²) < 4.78 is 29.6. The third kappa shape index (κ3) is 9.51. The number of halogens is 3. The van der Waals surface area contributed by atoms with E-state index >= 15 is 0 Å². The number of rotatable bonds is 11. The van der Waals surface area contributed by atoms with Crippen LogP contribution >= 0.6 is 34.8 Å². The van der Waals surface area contributed by atoms with Crippen molar-refractivity contribution >= 4 is 62.3 Å². The van der Waals surface area contributed by atoms with Crippen LogP contribution in [-0.4, -0.2) is 43.3 Å². The van der Waals surface area contributed by atoms with Gasteiger partial charge in [-0.3, -0.25) is 13.9 Å². The first-order valence-corrected chi connectivity index (χ1v) is 17.6. The van der Waals surface area contributed by atoms with Gasteiger partial charge in [-0.05, 0) is 87.7 Å². The first-order chi connectivity index (χ1) is 22.0. The molecule has 0 heterocycles. The molecule has 47 heavy (non-hydrogen) atoms. The molecule has 4 rings (SSSR count). The van der Waals surface area contributed by atoms with E-state index in [1.54, 1.807) is 49.4 Å². The van der Waals surface area contributed by atoms with Gasteiger partial charge in [-0.15, -0.1) is 0 Å². The molecule has 2 amide bonds. The fourth-order valence-corrected chi connectivity index (χ4v) is 7.00. The van der Waals surface area contributed by atoms with Gasteiger partial charge in [0.25, 0.3) is 10.0 Å². The second-order valence-corrected chi connectivity index (χ2v) is 15.6. The highest BCUT2D eigenvalue weighted by molar-refractivity contribution is 7.92. The van der Waals surface area contributed by atoms with E-state index in [0.29, 0.717) is 21.2 Å². The van der Waals surface area contributed by atoms with Crippen molar-refractivity contribution in [3.63, 3.8) is 0 Å². The van der Waals surface area contributed by atoms with Crippen molar-refractivity contribution in [3.8, 4) is 0 Å². The molecule has 0 bridgehead atoms. The molecule has 1 N–H and O–H groups in total. The zero-order valence-corrected chi connectivity index (χ0v) is 30.0. The van der Waals surface area contributed by atoms with E-state index in [2.05, 4.69) is 5.32 Å². The van der Waals surface area contributed by atoms with Crippen molar-refractivity contribution in [3.05, 3.63) is 128 Å². The molecular formula is C36H38Cl3N3O4S. The van der Waals surface area contributed by atoms with Crippen LogP contribution < -0.4 is 9.62 Å². The van der Waals surface area contributed by atoms with E-state index in [1.165, 1.54) is 23.1 Å². The number of sulfonamides is 1. The number of anilines is 1. The SMILES string of the molecule is Cc1ccc(S(=O)(=O)N(CC(=O)N(Cc2ccc(Cl)c(Cl)c2)[C@@H](Cc2ccccc2)C(=O)NC(C)(C)C)c2cc(Cl)ccc2C)cc1. The summed E-state index contributed by atoms with van der Waals surface area (Å²) >= 11 is 18.9. The van der Waals surface area contributed by atoms with Gasteiger partial charge in [0, 0.05) is 23.5 Å². The molecule has 4 aromatic carbocycles. The topological polar surface area (TPSA) is 86.8 Å². The van der Waals surface area contributed by atoms with Gasteiger partial charge < -0.3 is 10.2 Å². The molecular weight excluding hydrogens is 677 g/mol. The molecule has 7 nitrogen and oxygen atoms in total. The lowest BCUT2D eigenvalue weighted by Crippen LogP contribution is -2.56. The first-order valence-electron chi connectivity index (χ1n) is 15.0. The molecule has 0 aliphatic heterocycles. The zero-order chi connectivity index (χ0) is 34.5. The number of nitrogens with zero attached hydrogens (tertiary/aromatic N) is 2. The molecule has 0 radical (unpaired) electrons. The van der Waals surface area contributed by atoms with Gasteiger partial charge in [0.2, 0.25) is 11.8 Å².